The molecule has 0 amide bonds. The van der Waals surface area contributed by atoms with E-state index in [0.717, 1.165) is 24.3 Å². The lowest BCUT2D eigenvalue weighted by Gasteiger charge is -2.16. The third-order valence-corrected chi connectivity index (χ3v) is 3.09. The summed E-state index contributed by atoms with van der Waals surface area (Å²) in [5.74, 6) is -5.60. The SMILES string of the molecule is CC(NCc1cc(F)c(F)c(F)c1)c1c(F)cccc1F. The maximum Gasteiger partial charge on any atom is 0.194 e. The summed E-state index contributed by atoms with van der Waals surface area (Å²) in [5.41, 5.74) is -0.0319. The zero-order chi connectivity index (χ0) is 15.6. The molecule has 0 aliphatic rings. The van der Waals surface area contributed by atoms with E-state index in [-0.39, 0.29) is 17.7 Å². The molecule has 6 heteroatoms. The molecule has 1 atom stereocenters. The fourth-order valence-corrected chi connectivity index (χ4v) is 2.01. The van der Waals surface area contributed by atoms with E-state index in [4.69, 9.17) is 0 Å². The first-order valence-corrected chi connectivity index (χ1v) is 6.21. The summed E-state index contributed by atoms with van der Waals surface area (Å²) in [4.78, 5) is 0. The summed E-state index contributed by atoms with van der Waals surface area (Å²) >= 11 is 0. The molecule has 0 heterocycles. The van der Waals surface area contributed by atoms with Crippen molar-refractivity contribution in [3.8, 4) is 0 Å². The average Bonchev–Trinajstić information content (AvgIpc) is 2.42. The van der Waals surface area contributed by atoms with Gasteiger partial charge in [-0.2, -0.15) is 0 Å². The van der Waals surface area contributed by atoms with Gasteiger partial charge in [-0.1, -0.05) is 6.07 Å². The van der Waals surface area contributed by atoms with Crippen LogP contribution in [0.15, 0.2) is 30.3 Å². The minimum absolute atomic E-state index is 0.0664. The lowest BCUT2D eigenvalue weighted by molar-refractivity contribution is 0.442. The van der Waals surface area contributed by atoms with E-state index in [1.165, 1.54) is 13.0 Å². The van der Waals surface area contributed by atoms with Crippen LogP contribution in [0.5, 0.6) is 0 Å². The number of benzene rings is 2. The number of rotatable bonds is 4. The van der Waals surface area contributed by atoms with Crippen LogP contribution in [-0.2, 0) is 6.54 Å². The summed E-state index contributed by atoms with van der Waals surface area (Å²) in [5, 5.41) is 2.73. The van der Waals surface area contributed by atoms with Gasteiger partial charge in [0.2, 0.25) is 0 Å². The fourth-order valence-electron chi connectivity index (χ4n) is 2.01. The molecule has 0 spiro atoms. The molecule has 2 aromatic rings. The first-order chi connectivity index (χ1) is 9.90. The Hall–Kier alpha value is -1.95. The van der Waals surface area contributed by atoms with Crippen LogP contribution >= 0.6 is 0 Å². The lowest BCUT2D eigenvalue weighted by Crippen LogP contribution is -2.20. The molecule has 0 aromatic heterocycles. The van der Waals surface area contributed by atoms with Crippen molar-refractivity contribution < 1.29 is 22.0 Å². The summed E-state index contributed by atoms with van der Waals surface area (Å²) in [6, 6.07) is 4.42. The highest BCUT2D eigenvalue weighted by atomic mass is 19.2. The standard InChI is InChI=1S/C15H12F5N/c1-8(14-10(16)3-2-4-11(14)17)21-7-9-5-12(18)15(20)13(19)6-9/h2-6,8,21H,7H2,1H3. The van der Waals surface area contributed by atoms with Gasteiger partial charge in [0.1, 0.15) is 11.6 Å². The van der Waals surface area contributed by atoms with Crippen molar-refractivity contribution in [1.82, 2.24) is 5.32 Å². The number of hydrogen-bond donors (Lipinski definition) is 1. The van der Waals surface area contributed by atoms with E-state index in [1.807, 2.05) is 0 Å². The Morgan fingerprint density at radius 3 is 1.95 bits per heavy atom. The van der Waals surface area contributed by atoms with Crippen molar-refractivity contribution in [3.05, 3.63) is 70.5 Å². The van der Waals surface area contributed by atoms with Gasteiger partial charge in [0, 0.05) is 18.2 Å². The Morgan fingerprint density at radius 1 is 0.905 bits per heavy atom. The molecule has 1 N–H and O–H groups in total. The van der Waals surface area contributed by atoms with Crippen molar-refractivity contribution in [2.24, 2.45) is 0 Å². The second-order valence-corrected chi connectivity index (χ2v) is 4.61. The van der Waals surface area contributed by atoms with Gasteiger partial charge in [0.25, 0.3) is 0 Å². The zero-order valence-corrected chi connectivity index (χ0v) is 11.1. The van der Waals surface area contributed by atoms with Crippen LogP contribution < -0.4 is 5.32 Å². The van der Waals surface area contributed by atoms with Crippen molar-refractivity contribution in [1.29, 1.82) is 0 Å². The highest BCUT2D eigenvalue weighted by Crippen LogP contribution is 2.21. The number of nitrogens with one attached hydrogen (secondary N) is 1. The Bertz CT molecular complexity index is 613. The van der Waals surface area contributed by atoms with E-state index in [0.29, 0.717) is 0 Å². The van der Waals surface area contributed by atoms with E-state index >= 15 is 0 Å². The molecule has 1 nitrogen and oxygen atoms in total. The summed E-state index contributed by atoms with van der Waals surface area (Å²) in [7, 11) is 0. The second kappa shape index (κ2) is 6.22. The molecule has 112 valence electrons. The van der Waals surface area contributed by atoms with Gasteiger partial charge in [-0.05, 0) is 36.8 Å². The van der Waals surface area contributed by atoms with Crippen LogP contribution in [0.25, 0.3) is 0 Å². The Labute approximate surface area is 118 Å². The molecule has 2 rings (SSSR count). The summed E-state index contributed by atoms with van der Waals surface area (Å²) < 4.78 is 66.0. The summed E-state index contributed by atoms with van der Waals surface area (Å²) in [6.45, 7) is 1.45. The van der Waals surface area contributed by atoms with Gasteiger partial charge in [0.05, 0.1) is 0 Å². The van der Waals surface area contributed by atoms with E-state index in [2.05, 4.69) is 5.32 Å². The normalized spacial score (nSPS) is 12.5. The molecule has 0 radical (unpaired) electrons. The Morgan fingerprint density at radius 2 is 1.43 bits per heavy atom. The monoisotopic (exact) mass is 301 g/mol. The molecule has 0 aliphatic carbocycles. The topological polar surface area (TPSA) is 12.0 Å². The maximum absolute atomic E-state index is 13.6. The third-order valence-electron chi connectivity index (χ3n) is 3.09. The largest absolute Gasteiger partial charge is 0.306 e. The van der Waals surface area contributed by atoms with E-state index < -0.39 is 35.1 Å². The van der Waals surface area contributed by atoms with Crippen LogP contribution in [0.2, 0.25) is 0 Å². The smallest absolute Gasteiger partial charge is 0.194 e. The van der Waals surface area contributed by atoms with Crippen molar-refractivity contribution in [3.63, 3.8) is 0 Å². The Balaban J connectivity index is 2.13. The van der Waals surface area contributed by atoms with Crippen LogP contribution in [0.4, 0.5) is 22.0 Å². The number of hydrogen-bond acceptors (Lipinski definition) is 1. The molecule has 21 heavy (non-hydrogen) atoms. The van der Waals surface area contributed by atoms with Gasteiger partial charge < -0.3 is 5.32 Å². The minimum atomic E-state index is -1.55. The minimum Gasteiger partial charge on any atom is -0.306 e. The van der Waals surface area contributed by atoms with Crippen molar-refractivity contribution in [2.45, 2.75) is 19.5 Å². The van der Waals surface area contributed by atoms with Gasteiger partial charge >= 0.3 is 0 Å². The molecular formula is C15H12F5N. The van der Waals surface area contributed by atoms with E-state index in [9.17, 15) is 22.0 Å². The molecule has 0 aliphatic heterocycles. The number of halogens is 5. The molecule has 1 unspecified atom stereocenters. The third kappa shape index (κ3) is 3.39. The van der Waals surface area contributed by atoms with Gasteiger partial charge in [-0.15, -0.1) is 0 Å². The average molecular weight is 301 g/mol. The fraction of sp³-hybridized carbons (Fsp3) is 0.200. The van der Waals surface area contributed by atoms with Gasteiger partial charge in [-0.3, -0.25) is 0 Å². The van der Waals surface area contributed by atoms with Gasteiger partial charge in [-0.25, -0.2) is 22.0 Å². The Kier molecular flexibility index (Phi) is 4.57. The molecule has 2 aromatic carbocycles. The van der Waals surface area contributed by atoms with Crippen molar-refractivity contribution >= 4 is 0 Å². The predicted molar refractivity (Wildman–Crippen MR) is 67.9 cm³/mol. The molecule has 0 saturated carbocycles. The van der Waals surface area contributed by atoms with Crippen LogP contribution in [0.1, 0.15) is 24.1 Å². The first-order valence-electron chi connectivity index (χ1n) is 6.21. The van der Waals surface area contributed by atoms with Crippen LogP contribution in [0.3, 0.4) is 0 Å². The van der Waals surface area contributed by atoms with E-state index in [1.54, 1.807) is 0 Å². The van der Waals surface area contributed by atoms with Gasteiger partial charge in [0.15, 0.2) is 17.5 Å². The molecule has 0 saturated heterocycles. The predicted octanol–water partition coefficient (Wildman–Crippen LogP) is 4.23. The molecular weight excluding hydrogens is 289 g/mol. The highest BCUT2D eigenvalue weighted by Gasteiger charge is 2.16. The molecule has 0 fully saturated rings. The maximum atomic E-state index is 13.6. The lowest BCUT2D eigenvalue weighted by atomic mass is 10.1. The molecule has 0 bridgehead atoms. The van der Waals surface area contributed by atoms with Crippen molar-refractivity contribution in [2.75, 3.05) is 0 Å². The first kappa shape index (κ1) is 15.4. The summed E-state index contributed by atoms with van der Waals surface area (Å²) in [6.07, 6.45) is 0. The second-order valence-electron chi connectivity index (χ2n) is 4.61. The highest BCUT2D eigenvalue weighted by molar-refractivity contribution is 5.24. The quantitative estimate of drug-likeness (QED) is 0.658. The van der Waals surface area contributed by atoms with Crippen LogP contribution in [0, 0.1) is 29.1 Å². The zero-order valence-electron chi connectivity index (χ0n) is 11.1. The van der Waals surface area contributed by atoms with Crippen LogP contribution in [-0.4, -0.2) is 0 Å².